The highest BCUT2D eigenvalue weighted by Crippen LogP contribution is 2.36. The largest absolute Gasteiger partial charge is 0.373 e. The lowest BCUT2D eigenvalue weighted by atomic mass is 10.1. The number of nitrogens with zero attached hydrogens (tertiary/aromatic N) is 2. The molecule has 1 aliphatic heterocycles. The third-order valence-electron chi connectivity index (χ3n) is 3.16. The molecule has 1 aliphatic rings. The van der Waals surface area contributed by atoms with Gasteiger partial charge < -0.3 is 15.4 Å². The second-order valence-electron chi connectivity index (χ2n) is 4.58. The van der Waals surface area contributed by atoms with Crippen LogP contribution in [0.3, 0.4) is 0 Å². The summed E-state index contributed by atoms with van der Waals surface area (Å²) in [4.78, 5) is 12.6. The maximum absolute atomic E-state index is 11.1. The van der Waals surface area contributed by atoms with E-state index in [1.165, 1.54) is 6.07 Å². The molecule has 2 rings (SSSR count). The topological polar surface area (TPSA) is 81.6 Å². The lowest BCUT2D eigenvalue weighted by Crippen LogP contribution is -2.49. The van der Waals surface area contributed by atoms with Gasteiger partial charge in [-0.05, 0) is 13.0 Å². The average Bonchev–Trinajstić information content (AvgIpc) is 2.38. The van der Waals surface area contributed by atoms with Gasteiger partial charge in [0.25, 0.3) is 5.69 Å². The number of morpholine rings is 1. The molecule has 0 saturated carbocycles. The summed E-state index contributed by atoms with van der Waals surface area (Å²) >= 11 is 6.12. The first-order chi connectivity index (χ1) is 9.00. The van der Waals surface area contributed by atoms with Gasteiger partial charge in [0, 0.05) is 25.2 Å². The first-order valence-electron chi connectivity index (χ1n) is 6.05. The minimum atomic E-state index is -0.419. The maximum atomic E-state index is 11.1. The van der Waals surface area contributed by atoms with Crippen LogP contribution in [-0.4, -0.2) is 36.8 Å². The third kappa shape index (κ3) is 2.97. The molecule has 1 saturated heterocycles. The minimum Gasteiger partial charge on any atom is -0.373 e. The van der Waals surface area contributed by atoms with Crippen LogP contribution in [0, 0.1) is 10.1 Å². The van der Waals surface area contributed by atoms with Crippen molar-refractivity contribution in [1.29, 1.82) is 0 Å². The Labute approximate surface area is 116 Å². The third-order valence-corrected chi connectivity index (χ3v) is 3.46. The number of nitro groups is 1. The lowest BCUT2D eigenvalue weighted by molar-refractivity contribution is -0.384. The van der Waals surface area contributed by atoms with Crippen molar-refractivity contribution in [3.05, 3.63) is 33.3 Å². The lowest BCUT2D eigenvalue weighted by Gasteiger charge is -2.36. The van der Waals surface area contributed by atoms with Crippen molar-refractivity contribution in [1.82, 2.24) is 0 Å². The van der Waals surface area contributed by atoms with Crippen molar-refractivity contribution in [3.63, 3.8) is 0 Å². The number of nitro benzene ring substituents is 1. The maximum Gasteiger partial charge on any atom is 0.294 e. The number of ether oxygens (including phenoxy) is 1. The fraction of sp³-hybridized carbons (Fsp3) is 0.500. The van der Waals surface area contributed by atoms with E-state index in [4.69, 9.17) is 22.1 Å². The van der Waals surface area contributed by atoms with E-state index < -0.39 is 4.92 Å². The van der Waals surface area contributed by atoms with Crippen LogP contribution in [0.4, 0.5) is 11.4 Å². The summed E-state index contributed by atoms with van der Waals surface area (Å²) in [5, 5.41) is 11.5. The molecule has 7 heteroatoms. The number of hydrogen-bond donors (Lipinski definition) is 1. The Morgan fingerprint density at radius 1 is 1.63 bits per heavy atom. The Morgan fingerprint density at radius 2 is 2.37 bits per heavy atom. The van der Waals surface area contributed by atoms with Gasteiger partial charge in [0.1, 0.15) is 5.69 Å². The van der Waals surface area contributed by atoms with Gasteiger partial charge in [-0.15, -0.1) is 0 Å². The van der Waals surface area contributed by atoms with Crippen LogP contribution in [0.2, 0.25) is 5.02 Å². The molecular formula is C12H16ClN3O3. The van der Waals surface area contributed by atoms with Crippen LogP contribution in [-0.2, 0) is 4.74 Å². The van der Waals surface area contributed by atoms with E-state index in [2.05, 4.69) is 0 Å². The minimum absolute atomic E-state index is 0.0119. The molecule has 0 amide bonds. The summed E-state index contributed by atoms with van der Waals surface area (Å²) in [5.41, 5.74) is 6.28. The highest BCUT2D eigenvalue weighted by Gasteiger charge is 2.29. The number of rotatable bonds is 3. The first-order valence-corrected chi connectivity index (χ1v) is 6.43. The molecule has 19 heavy (non-hydrogen) atoms. The molecule has 2 N–H and O–H groups in total. The molecule has 2 atom stereocenters. The fourth-order valence-corrected chi connectivity index (χ4v) is 2.45. The van der Waals surface area contributed by atoms with E-state index in [1.807, 2.05) is 11.8 Å². The predicted octanol–water partition coefficient (Wildman–Crippen LogP) is 1.80. The normalized spacial score (nSPS) is 21.2. The highest BCUT2D eigenvalue weighted by molar-refractivity contribution is 6.33. The smallest absolute Gasteiger partial charge is 0.294 e. The number of benzene rings is 1. The molecule has 0 bridgehead atoms. The summed E-state index contributed by atoms with van der Waals surface area (Å²) in [6.07, 6.45) is -0.148. The second kappa shape index (κ2) is 5.73. The van der Waals surface area contributed by atoms with Gasteiger partial charge in [0.15, 0.2) is 0 Å². The van der Waals surface area contributed by atoms with E-state index >= 15 is 0 Å². The van der Waals surface area contributed by atoms with Gasteiger partial charge >= 0.3 is 0 Å². The van der Waals surface area contributed by atoms with E-state index in [9.17, 15) is 10.1 Å². The molecule has 6 nitrogen and oxygen atoms in total. The number of hydrogen-bond acceptors (Lipinski definition) is 5. The molecule has 104 valence electrons. The van der Waals surface area contributed by atoms with Crippen LogP contribution in [0.5, 0.6) is 0 Å². The zero-order chi connectivity index (χ0) is 14.0. The van der Waals surface area contributed by atoms with Gasteiger partial charge in [-0.25, -0.2) is 0 Å². The zero-order valence-corrected chi connectivity index (χ0v) is 11.3. The molecule has 0 radical (unpaired) electrons. The summed E-state index contributed by atoms with van der Waals surface area (Å²) < 4.78 is 5.55. The molecule has 1 aromatic carbocycles. The predicted molar refractivity (Wildman–Crippen MR) is 73.7 cm³/mol. The zero-order valence-electron chi connectivity index (χ0n) is 10.6. The Kier molecular flexibility index (Phi) is 4.24. The van der Waals surface area contributed by atoms with Crippen LogP contribution < -0.4 is 10.6 Å². The van der Waals surface area contributed by atoms with Crippen molar-refractivity contribution >= 4 is 23.0 Å². The Hall–Kier alpha value is -1.37. The quantitative estimate of drug-likeness (QED) is 0.676. The van der Waals surface area contributed by atoms with Gasteiger partial charge in [0.2, 0.25) is 0 Å². The highest BCUT2D eigenvalue weighted by atomic mass is 35.5. The molecule has 0 aliphatic carbocycles. The summed E-state index contributed by atoms with van der Waals surface area (Å²) in [5.74, 6) is 0. The van der Waals surface area contributed by atoms with Crippen LogP contribution in [0.15, 0.2) is 18.2 Å². The Balaban J connectivity index is 2.33. The average molecular weight is 286 g/mol. The summed E-state index contributed by atoms with van der Waals surface area (Å²) in [6, 6.07) is 4.55. The SMILES string of the molecule is CC(N)C1CN(c2c(Cl)cccc2[N+](=O)[O-])CCO1. The number of nitrogens with two attached hydrogens (primary N) is 1. The first kappa shape index (κ1) is 14.0. The summed E-state index contributed by atoms with van der Waals surface area (Å²) in [6.45, 7) is 3.40. The van der Waals surface area contributed by atoms with Crippen molar-refractivity contribution < 1.29 is 9.66 Å². The molecule has 1 fully saturated rings. The Bertz CT molecular complexity index is 481. The van der Waals surface area contributed by atoms with Crippen LogP contribution in [0.1, 0.15) is 6.92 Å². The van der Waals surface area contributed by atoms with Gasteiger partial charge in [-0.3, -0.25) is 10.1 Å². The molecule has 0 spiro atoms. The molecule has 0 aromatic heterocycles. The van der Waals surface area contributed by atoms with E-state index in [-0.39, 0.29) is 17.8 Å². The van der Waals surface area contributed by atoms with Crippen LogP contribution in [0.25, 0.3) is 0 Å². The second-order valence-corrected chi connectivity index (χ2v) is 4.99. The number of anilines is 1. The van der Waals surface area contributed by atoms with E-state index in [1.54, 1.807) is 12.1 Å². The number of para-hydroxylation sites is 1. The van der Waals surface area contributed by atoms with E-state index in [0.29, 0.717) is 30.4 Å². The molecule has 1 aromatic rings. The van der Waals surface area contributed by atoms with Crippen molar-refractivity contribution in [2.24, 2.45) is 5.73 Å². The fourth-order valence-electron chi connectivity index (χ4n) is 2.16. The van der Waals surface area contributed by atoms with Crippen molar-refractivity contribution in [2.75, 3.05) is 24.6 Å². The standard InChI is InChI=1S/C12H16ClN3O3/c1-8(14)11-7-15(5-6-19-11)12-9(13)3-2-4-10(12)16(17)18/h2-4,8,11H,5-7,14H2,1H3. The van der Waals surface area contributed by atoms with Gasteiger partial charge in [-0.2, -0.15) is 0 Å². The van der Waals surface area contributed by atoms with Gasteiger partial charge in [-0.1, -0.05) is 17.7 Å². The Morgan fingerprint density at radius 3 is 3.00 bits per heavy atom. The van der Waals surface area contributed by atoms with Crippen molar-refractivity contribution in [2.45, 2.75) is 19.1 Å². The van der Waals surface area contributed by atoms with Crippen LogP contribution >= 0.6 is 11.6 Å². The monoisotopic (exact) mass is 285 g/mol. The van der Waals surface area contributed by atoms with E-state index in [0.717, 1.165) is 0 Å². The molecule has 1 heterocycles. The van der Waals surface area contributed by atoms with Crippen molar-refractivity contribution in [3.8, 4) is 0 Å². The summed E-state index contributed by atoms with van der Waals surface area (Å²) in [7, 11) is 0. The number of halogens is 1. The molecule has 2 unspecified atom stereocenters. The van der Waals surface area contributed by atoms with Gasteiger partial charge in [0.05, 0.1) is 22.7 Å². The molecular weight excluding hydrogens is 270 g/mol.